The lowest BCUT2D eigenvalue weighted by Gasteiger charge is -2.13. The highest BCUT2D eigenvalue weighted by molar-refractivity contribution is 5.77. The van der Waals surface area contributed by atoms with Gasteiger partial charge in [-0.3, -0.25) is 4.79 Å². The summed E-state index contributed by atoms with van der Waals surface area (Å²) in [6.45, 7) is -0.198. The Hall–Kier alpha value is -2.40. The van der Waals surface area contributed by atoms with Crippen LogP contribution in [0.25, 0.3) is 0 Å². The van der Waals surface area contributed by atoms with Crippen LogP contribution >= 0.6 is 0 Å². The number of aliphatic hydroxyl groups is 1. The van der Waals surface area contributed by atoms with Crippen molar-refractivity contribution in [1.29, 1.82) is 0 Å². The van der Waals surface area contributed by atoms with Crippen molar-refractivity contribution in [2.75, 3.05) is 13.2 Å². The number of aliphatic hydroxyl groups excluding tert-OH is 1. The highest BCUT2D eigenvalue weighted by Gasteiger charge is 2.14. The first kappa shape index (κ1) is 16.5. The van der Waals surface area contributed by atoms with E-state index in [4.69, 9.17) is 4.74 Å². The Bertz CT molecular complexity index is 732. The normalized spacial score (nSPS) is 14.1. The summed E-state index contributed by atoms with van der Waals surface area (Å²) >= 11 is 0. The number of amides is 1. The van der Waals surface area contributed by atoms with Gasteiger partial charge in [-0.1, -0.05) is 24.3 Å². The highest BCUT2D eigenvalue weighted by Crippen LogP contribution is 2.25. The molecular weight excluding hydrogens is 309 g/mol. The standard InChI is InChI=1S/C19H20FNO3/c20-17-7-2-1-6-16(17)18(22)11-21-19(23)12-24-15-9-8-13-4-3-5-14(13)10-15/h1-2,6-10,18,22H,3-5,11-12H2,(H,21,23). The third kappa shape index (κ3) is 3.92. The monoisotopic (exact) mass is 329 g/mol. The second-order valence-electron chi connectivity index (χ2n) is 5.91. The number of ether oxygens (including phenoxy) is 1. The molecule has 0 heterocycles. The van der Waals surface area contributed by atoms with Crippen molar-refractivity contribution in [2.45, 2.75) is 25.4 Å². The molecule has 1 unspecified atom stereocenters. The van der Waals surface area contributed by atoms with E-state index < -0.39 is 11.9 Å². The van der Waals surface area contributed by atoms with Gasteiger partial charge in [0.2, 0.25) is 0 Å². The number of nitrogens with one attached hydrogen (secondary N) is 1. The van der Waals surface area contributed by atoms with E-state index in [1.165, 1.54) is 23.3 Å². The van der Waals surface area contributed by atoms with Gasteiger partial charge >= 0.3 is 0 Å². The van der Waals surface area contributed by atoms with Crippen LogP contribution < -0.4 is 10.1 Å². The maximum absolute atomic E-state index is 13.5. The van der Waals surface area contributed by atoms with Crippen molar-refractivity contribution in [3.63, 3.8) is 0 Å². The molecule has 0 fully saturated rings. The van der Waals surface area contributed by atoms with Crippen LogP contribution in [0.2, 0.25) is 0 Å². The van der Waals surface area contributed by atoms with E-state index in [1.54, 1.807) is 12.1 Å². The Balaban J connectivity index is 1.47. The third-order valence-corrected chi connectivity index (χ3v) is 4.20. The molecule has 1 aliphatic rings. The largest absolute Gasteiger partial charge is 0.484 e. The minimum atomic E-state index is -1.09. The van der Waals surface area contributed by atoms with Crippen molar-refractivity contribution < 1.29 is 19.0 Å². The van der Waals surface area contributed by atoms with Gasteiger partial charge in [-0.25, -0.2) is 4.39 Å². The second kappa shape index (κ2) is 7.45. The Kier molecular flexibility index (Phi) is 5.11. The highest BCUT2D eigenvalue weighted by atomic mass is 19.1. The predicted octanol–water partition coefficient (Wildman–Crippen LogP) is 2.54. The average molecular weight is 329 g/mol. The molecule has 2 aromatic rings. The van der Waals surface area contributed by atoms with Gasteiger partial charge in [0.15, 0.2) is 6.61 Å². The molecule has 0 spiro atoms. The number of halogens is 1. The summed E-state index contributed by atoms with van der Waals surface area (Å²) in [6.07, 6.45) is 2.22. The van der Waals surface area contributed by atoms with Gasteiger partial charge < -0.3 is 15.2 Å². The van der Waals surface area contributed by atoms with Crippen molar-refractivity contribution in [1.82, 2.24) is 5.32 Å². The van der Waals surface area contributed by atoms with Crippen LogP contribution in [0.3, 0.4) is 0 Å². The van der Waals surface area contributed by atoms with Crippen LogP contribution in [0.4, 0.5) is 4.39 Å². The molecule has 1 amide bonds. The average Bonchev–Trinajstić information content (AvgIpc) is 3.06. The maximum Gasteiger partial charge on any atom is 0.258 e. The third-order valence-electron chi connectivity index (χ3n) is 4.20. The number of aryl methyl sites for hydroxylation is 2. The fourth-order valence-electron chi connectivity index (χ4n) is 2.90. The maximum atomic E-state index is 13.5. The van der Waals surface area contributed by atoms with Gasteiger partial charge in [-0.2, -0.15) is 0 Å². The SMILES string of the molecule is O=C(COc1ccc2c(c1)CCC2)NCC(O)c1ccccc1F. The number of rotatable bonds is 6. The summed E-state index contributed by atoms with van der Waals surface area (Å²) in [4.78, 5) is 11.8. The fraction of sp³-hybridized carbons (Fsp3) is 0.316. The molecule has 0 aliphatic heterocycles. The lowest BCUT2D eigenvalue weighted by molar-refractivity contribution is -0.123. The zero-order chi connectivity index (χ0) is 16.9. The van der Waals surface area contributed by atoms with Crippen molar-refractivity contribution >= 4 is 5.91 Å². The van der Waals surface area contributed by atoms with Crippen molar-refractivity contribution in [3.05, 3.63) is 65.0 Å². The molecule has 3 rings (SSSR count). The van der Waals surface area contributed by atoms with Crippen molar-refractivity contribution in [3.8, 4) is 5.75 Å². The molecule has 0 radical (unpaired) electrons. The van der Waals surface area contributed by atoms with Crippen LogP contribution in [-0.2, 0) is 17.6 Å². The molecule has 0 saturated carbocycles. The molecule has 2 aromatic carbocycles. The van der Waals surface area contributed by atoms with Gasteiger partial charge in [-0.15, -0.1) is 0 Å². The molecule has 0 bridgehead atoms. The Morgan fingerprint density at radius 2 is 2.00 bits per heavy atom. The van der Waals surface area contributed by atoms with Crippen LogP contribution in [0, 0.1) is 5.82 Å². The van der Waals surface area contributed by atoms with Crippen LogP contribution in [0.5, 0.6) is 5.75 Å². The number of carbonyl (C=O) groups excluding carboxylic acids is 1. The predicted molar refractivity (Wildman–Crippen MR) is 88.3 cm³/mol. The van der Waals surface area contributed by atoms with Gasteiger partial charge in [0.1, 0.15) is 11.6 Å². The number of fused-ring (bicyclic) bond motifs is 1. The van der Waals surface area contributed by atoms with E-state index in [0.717, 1.165) is 19.3 Å². The minimum absolute atomic E-state index is 0.0622. The molecule has 1 aliphatic carbocycles. The number of carbonyl (C=O) groups is 1. The van der Waals surface area contributed by atoms with Gasteiger partial charge in [0.05, 0.1) is 6.10 Å². The first-order chi connectivity index (χ1) is 11.6. The van der Waals surface area contributed by atoms with Gasteiger partial charge in [0.25, 0.3) is 5.91 Å². The molecule has 0 saturated heterocycles. The van der Waals surface area contributed by atoms with Crippen LogP contribution in [-0.4, -0.2) is 24.2 Å². The zero-order valence-electron chi connectivity index (χ0n) is 13.3. The molecular formula is C19H20FNO3. The summed E-state index contributed by atoms with van der Waals surface area (Å²) in [7, 11) is 0. The van der Waals surface area contributed by atoms with Gasteiger partial charge in [0, 0.05) is 12.1 Å². The Morgan fingerprint density at radius 3 is 2.83 bits per heavy atom. The Labute approximate surface area is 140 Å². The number of hydrogen-bond acceptors (Lipinski definition) is 3. The second-order valence-corrected chi connectivity index (χ2v) is 5.91. The topological polar surface area (TPSA) is 58.6 Å². The molecule has 4 nitrogen and oxygen atoms in total. The molecule has 126 valence electrons. The van der Waals surface area contributed by atoms with Crippen molar-refractivity contribution in [2.24, 2.45) is 0 Å². The van der Waals surface area contributed by atoms with E-state index in [2.05, 4.69) is 5.32 Å². The quantitative estimate of drug-likeness (QED) is 0.856. The van der Waals surface area contributed by atoms with Crippen LogP contribution in [0.1, 0.15) is 29.2 Å². The first-order valence-electron chi connectivity index (χ1n) is 8.07. The zero-order valence-corrected chi connectivity index (χ0v) is 13.3. The molecule has 1 atom stereocenters. The molecule has 5 heteroatoms. The fourth-order valence-corrected chi connectivity index (χ4v) is 2.90. The van der Waals surface area contributed by atoms with Crippen LogP contribution in [0.15, 0.2) is 42.5 Å². The van der Waals surface area contributed by atoms with E-state index in [9.17, 15) is 14.3 Å². The lowest BCUT2D eigenvalue weighted by Crippen LogP contribution is -2.32. The van der Waals surface area contributed by atoms with E-state index in [-0.39, 0.29) is 24.6 Å². The smallest absolute Gasteiger partial charge is 0.258 e. The number of hydrogen-bond donors (Lipinski definition) is 2. The summed E-state index contributed by atoms with van der Waals surface area (Å²) in [5, 5.41) is 12.5. The first-order valence-corrected chi connectivity index (χ1v) is 8.07. The molecule has 0 aromatic heterocycles. The molecule has 24 heavy (non-hydrogen) atoms. The molecule has 2 N–H and O–H groups in total. The van der Waals surface area contributed by atoms with E-state index in [1.807, 2.05) is 18.2 Å². The number of benzene rings is 2. The Morgan fingerprint density at radius 1 is 1.21 bits per heavy atom. The summed E-state index contributed by atoms with van der Waals surface area (Å²) in [5.41, 5.74) is 2.79. The lowest BCUT2D eigenvalue weighted by atomic mass is 10.1. The van der Waals surface area contributed by atoms with E-state index in [0.29, 0.717) is 5.75 Å². The summed E-state index contributed by atoms with van der Waals surface area (Å²) in [6, 6.07) is 11.8. The minimum Gasteiger partial charge on any atom is -0.484 e. The summed E-state index contributed by atoms with van der Waals surface area (Å²) < 4.78 is 19.0. The van der Waals surface area contributed by atoms with E-state index >= 15 is 0 Å². The van der Waals surface area contributed by atoms with Gasteiger partial charge in [-0.05, 0) is 48.6 Å². The summed E-state index contributed by atoms with van der Waals surface area (Å²) in [5.74, 6) is -0.181.